The van der Waals surface area contributed by atoms with Crippen molar-refractivity contribution in [1.29, 1.82) is 0 Å². The number of rotatable bonds is 3. The molecule has 0 atom stereocenters. The second kappa shape index (κ2) is 6.98. The molecule has 5 aromatic rings. The number of fused-ring (bicyclic) bond motifs is 6. The summed E-state index contributed by atoms with van der Waals surface area (Å²) >= 11 is 1.90. The minimum Gasteiger partial charge on any atom is -0.236 e. The van der Waals surface area contributed by atoms with E-state index >= 15 is 0 Å². The van der Waals surface area contributed by atoms with E-state index in [1.165, 1.54) is 37.2 Å². The molecule has 1 aliphatic carbocycles. The molecule has 0 fully saturated rings. The maximum atomic E-state index is 5.01. The van der Waals surface area contributed by atoms with Gasteiger partial charge in [0.2, 0.25) is 0 Å². The standard InChI is InChI=1S/C29H26N2S/c1-17(2)14-18-12-13-23-19(15-18)16-30-28(31-23)21-9-7-10-22-25(21)27-26(29(22,3)4)20-8-5-6-11-24(20)32-27/h5-13,15-17H,14H2,1-4H3. The van der Waals surface area contributed by atoms with Crippen LogP contribution in [0.1, 0.15) is 44.4 Å². The van der Waals surface area contributed by atoms with Crippen LogP contribution in [0, 0.1) is 5.92 Å². The van der Waals surface area contributed by atoms with E-state index in [1.54, 1.807) is 0 Å². The van der Waals surface area contributed by atoms with Crippen LogP contribution in [0.5, 0.6) is 0 Å². The third-order valence-electron chi connectivity index (χ3n) is 6.71. The van der Waals surface area contributed by atoms with Crippen molar-refractivity contribution in [2.75, 3.05) is 0 Å². The van der Waals surface area contributed by atoms with Crippen LogP contribution >= 0.6 is 11.3 Å². The Bertz CT molecular complexity index is 1510. The van der Waals surface area contributed by atoms with Crippen LogP contribution in [-0.4, -0.2) is 9.97 Å². The van der Waals surface area contributed by atoms with Crippen molar-refractivity contribution in [2.24, 2.45) is 5.92 Å². The Balaban J connectivity index is 1.55. The molecule has 3 aromatic carbocycles. The Morgan fingerprint density at radius 2 is 1.81 bits per heavy atom. The van der Waals surface area contributed by atoms with E-state index in [0.717, 1.165) is 28.7 Å². The van der Waals surface area contributed by atoms with Crippen molar-refractivity contribution in [3.8, 4) is 21.8 Å². The fourth-order valence-electron chi connectivity index (χ4n) is 5.29. The molecule has 158 valence electrons. The van der Waals surface area contributed by atoms with Gasteiger partial charge in [-0.1, -0.05) is 70.2 Å². The lowest BCUT2D eigenvalue weighted by Crippen LogP contribution is -2.14. The maximum absolute atomic E-state index is 5.01. The third-order valence-corrected chi connectivity index (χ3v) is 7.90. The predicted molar refractivity (Wildman–Crippen MR) is 136 cm³/mol. The molecule has 0 aliphatic heterocycles. The van der Waals surface area contributed by atoms with Gasteiger partial charge in [-0.05, 0) is 52.6 Å². The summed E-state index contributed by atoms with van der Waals surface area (Å²) in [4.78, 5) is 11.2. The van der Waals surface area contributed by atoms with Crippen LogP contribution in [0.15, 0.2) is 66.9 Å². The Labute approximate surface area is 193 Å². The fraction of sp³-hybridized carbons (Fsp3) is 0.241. The van der Waals surface area contributed by atoms with Gasteiger partial charge in [-0.2, -0.15) is 0 Å². The van der Waals surface area contributed by atoms with E-state index in [0.29, 0.717) is 5.92 Å². The van der Waals surface area contributed by atoms with Crippen molar-refractivity contribution in [3.63, 3.8) is 0 Å². The van der Waals surface area contributed by atoms with Gasteiger partial charge < -0.3 is 0 Å². The van der Waals surface area contributed by atoms with Crippen molar-refractivity contribution < 1.29 is 0 Å². The zero-order chi connectivity index (χ0) is 22.0. The monoisotopic (exact) mass is 434 g/mol. The average Bonchev–Trinajstić information content (AvgIpc) is 3.27. The fourth-order valence-corrected chi connectivity index (χ4v) is 6.73. The quantitative estimate of drug-likeness (QED) is 0.287. The molecule has 0 N–H and O–H groups in total. The molecule has 2 heterocycles. The third kappa shape index (κ3) is 2.84. The molecule has 0 spiro atoms. The Kier molecular flexibility index (Phi) is 4.28. The first-order chi connectivity index (χ1) is 15.4. The van der Waals surface area contributed by atoms with Crippen LogP contribution < -0.4 is 0 Å². The summed E-state index contributed by atoms with van der Waals surface area (Å²) < 4.78 is 1.35. The van der Waals surface area contributed by atoms with Crippen LogP contribution in [0.2, 0.25) is 0 Å². The molecule has 2 nitrogen and oxygen atoms in total. The normalized spacial score (nSPS) is 14.3. The number of hydrogen-bond donors (Lipinski definition) is 0. The van der Waals surface area contributed by atoms with Gasteiger partial charge in [0, 0.05) is 37.7 Å². The van der Waals surface area contributed by atoms with Gasteiger partial charge in [0.15, 0.2) is 5.82 Å². The second-order valence-corrected chi connectivity index (χ2v) is 10.9. The summed E-state index contributed by atoms with van der Waals surface area (Å²) in [5.74, 6) is 1.45. The molecule has 0 amide bonds. The Morgan fingerprint density at radius 1 is 0.969 bits per heavy atom. The summed E-state index contributed by atoms with van der Waals surface area (Å²) in [6.45, 7) is 9.20. The zero-order valence-corrected chi connectivity index (χ0v) is 19.8. The first-order valence-electron chi connectivity index (χ1n) is 11.4. The molecular weight excluding hydrogens is 408 g/mol. The number of nitrogens with zero attached hydrogens (tertiary/aromatic N) is 2. The molecule has 1 aliphatic rings. The Morgan fingerprint density at radius 3 is 2.66 bits per heavy atom. The number of thiophene rings is 1. The molecule has 3 heteroatoms. The lowest BCUT2D eigenvalue weighted by molar-refractivity contribution is 0.648. The smallest absolute Gasteiger partial charge is 0.160 e. The SMILES string of the molecule is CC(C)Cc1ccc2nc(-c3cccc4c3-c3sc5ccccc5c3C4(C)C)ncc2c1. The summed E-state index contributed by atoms with van der Waals surface area (Å²) in [5.41, 5.74) is 7.58. The highest BCUT2D eigenvalue weighted by Crippen LogP contribution is 2.57. The van der Waals surface area contributed by atoms with Crippen molar-refractivity contribution in [3.05, 3.63) is 83.6 Å². The van der Waals surface area contributed by atoms with E-state index in [-0.39, 0.29) is 5.41 Å². The summed E-state index contributed by atoms with van der Waals surface area (Å²) in [6.07, 6.45) is 3.07. The zero-order valence-electron chi connectivity index (χ0n) is 18.9. The molecule has 0 bridgehead atoms. The molecule has 0 unspecified atom stereocenters. The second-order valence-electron chi connectivity index (χ2n) is 9.84. The molecule has 6 rings (SSSR count). The van der Waals surface area contributed by atoms with Crippen molar-refractivity contribution in [2.45, 2.75) is 39.5 Å². The summed E-state index contributed by atoms with van der Waals surface area (Å²) in [6, 6.07) is 22.0. The highest BCUT2D eigenvalue weighted by Gasteiger charge is 2.40. The first-order valence-corrected chi connectivity index (χ1v) is 12.2. The van der Waals surface area contributed by atoms with Crippen molar-refractivity contribution >= 4 is 32.3 Å². The van der Waals surface area contributed by atoms with Crippen LogP contribution in [0.4, 0.5) is 0 Å². The lowest BCUT2D eigenvalue weighted by atomic mass is 9.81. The molecular formula is C29H26N2S. The van der Waals surface area contributed by atoms with Gasteiger partial charge in [-0.15, -0.1) is 11.3 Å². The first kappa shape index (κ1) is 19.6. The molecule has 32 heavy (non-hydrogen) atoms. The molecule has 0 saturated heterocycles. The topological polar surface area (TPSA) is 25.8 Å². The van der Waals surface area contributed by atoms with E-state index in [2.05, 4.69) is 88.4 Å². The number of aromatic nitrogens is 2. The molecule has 2 aromatic heterocycles. The van der Waals surface area contributed by atoms with E-state index in [9.17, 15) is 0 Å². The van der Waals surface area contributed by atoms with Gasteiger partial charge in [0.1, 0.15) is 0 Å². The van der Waals surface area contributed by atoms with Crippen molar-refractivity contribution in [1.82, 2.24) is 9.97 Å². The summed E-state index contributed by atoms with van der Waals surface area (Å²) in [7, 11) is 0. The minimum atomic E-state index is -0.0388. The molecule has 0 saturated carbocycles. The molecule has 0 radical (unpaired) electrons. The Hall–Kier alpha value is -3.04. The van der Waals surface area contributed by atoms with E-state index in [1.807, 2.05) is 17.5 Å². The highest BCUT2D eigenvalue weighted by molar-refractivity contribution is 7.22. The van der Waals surface area contributed by atoms with Crippen LogP contribution in [0.25, 0.3) is 42.8 Å². The van der Waals surface area contributed by atoms with Gasteiger partial charge >= 0.3 is 0 Å². The number of hydrogen-bond acceptors (Lipinski definition) is 3. The van der Waals surface area contributed by atoms with E-state index in [4.69, 9.17) is 9.97 Å². The minimum absolute atomic E-state index is 0.0388. The summed E-state index contributed by atoms with van der Waals surface area (Å²) in [5, 5.41) is 2.49. The van der Waals surface area contributed by atoms with Gasteiger partial charge in [-0.25, -0.2) is 9.97 Å². The lowest BCUT2D eigenvalue weighted by Gasteiger charge is -2.22. The van der Waals surface area contributed by atoms with Gasteiger partial charge in [-0.3, -0.25) is 0 Å². The predicted octanol–water partition coefficient (Wildman–Crippen LogP) is 8.02. The highest BCUT2D eigenvalue weighted by atomic mass is 32.1. The van der Waals surface area contributed by atoms with Crippen LogP contribution in [0.3, 0.4) is 0 Å². The van der Waals surface area contributed by atoms with Gasteiger partial charge in [0.25, 0.3) is 0 Å². The van der Waals surface area contributed by atoms with Crippen LogP contribution in [-0.2, 0) is 11.8 Å². The van der Waals surface area contributed by atoms with E-state index < -0.39 is 0 Å². The maximum Gasteiger partial charge on any atom is 0.160 e. The number of benzene rings is 3. The largest absolute Gasteiger partial charge is 0.236 e. The average molecular weight is 435 g/mol. The van der Waals surface area contributed by atoms with Gasteiger partial charge in [0.05, 0.1) is 5.52 Å².